The van der Waals surface area contributed by atoms with Crippen molar-refractivity contribution in [2.45, 2.75) is 33.4 Å². The van der Waals surface area contributed by atoms with Gasteiger partial charge in [0.25, 0.3) is 0 Å². The molecule has 0 radical (unpaired) electrons. The van der Waals surface area contributed by atoms with E-state index in [9.17, 15) is 18.0 Å². The summed E-state index contributed by atoms with van der Waals surface area (Å²) in [5.41, 5.74) is 0.647. The monoisotopic (exact) mass is 432 g/mol. The lowest BCUT2D eigenvalue weighted by Crippen LogP contribution is -2.09. The van der Waals surface area contributed by atoms with Crippen LogP contribution in [0.15, 0.2) is 48.5 Å². The first-order valence-electron chi connectivity index (χ1n) is 9.85. The maximum atomic E-state index is 13.2. The van der Waals surface area contributed by atoms with Crippen LogP contribution >= 0.6 is 0 Å². The number of rotatable bonds is 7. The van der Waals surface area contributed by atoms with Crippen LogP contribution in [0.25, 0.3) is 17.1 Å². The quantitative estimate of drug-likeness (QED) is 0.547. The van der Waals surface area contributed by atoms with Gasteiger partial charge in [-0.25, -0.2) is 4.68 Å². The molecule has 9 heteroatoms. The van der Waals surface area contributed by atoms with Crippen LogP contribution in [0.4, 0.5) is 18.9 Å². The fourth-order valence-corrected chi connectivity index (χ4v) is 2.73. The first-order chi connectivity index (χ1) is 14.7. The molecule has 6 nitrogen and oxygen atoms in total. The van der Waals surface area contributed by atoms with Crippen molar-refractivity contribution in [3.05, 3.63) is 54.1 Å². The number of nitrogens with one attached hydrogen (secondary N) is 1. The summed E-state index contributed by atoms with van der Waals surface area (Å²) in [4.78, 5) is 15.9. The smallest absolute Gasteiger partial charge is 0.416 e. The predicted octanol–water partition coefficient (Wildman–Crippen LogP) is 5.34. The molecular formula is C22H23F3N4O2. The van der Waals surface area contributed by atoms with Crippen LogP contribution in [0.1, 0.15) is 32.8 Å². The molecule has 2 aromatic carbocycles. The molecule has 0 aliphatic rings. The van der Waals surface area contributed by atoms with Crippen LogP contribution in [0.5, 0.6) is 6.01 Å². The number of hydrogen-bond acceptors (Lipinski definition) is 4. The molecule has 0 unspecified atom stereocenters. The Morgan fingerprint density at radius 1 is 1.16 bits per heavy atom. The molecule has 1 amide bonds. The van der Waals surface area contributed by atoms with Crippen molar-refractivity contribution in [3.63, 3.8) is 0 Å². The molecule has 0 bridgehead atoms. The summed E-state index contributed by atoms with van der Waals surface area (Å²) in [6.45, 7) is 6.05. The summed E-state index contributed by atoms with van der Waals surface area (Å²) in [5.74, 6) is 0.322. The molecule has 0 spiro atoms. The van der Waals surface area contributed by atoms with Gasteiger partial charge in [0.2, 0.25) is 5.91 Å². The molecule has 0 atom stereocenters. The number of aromatic nitrogens is 3. The normalized spacial score (nSPS) is 11.6. The zero-order chi connectivity index (χ0) is 22.6. The Kier molecular flexibility index (Phi) is 6.62. The molecule has 164 valence electrons. The second-order valence-corrected chi connectivity index (χ2v) is 7.36. The first-order valence-corrected chi connectivity index (χ1v) is 9.85. The Morgan fingerprint density at radius 3 is 2.48 bits per heavy atom. The number of benzene rings is 2. The highest BCUT2D eigenvalue weighted by atomic mass is 19.4. The Labute approximate surface area is 178 Å². The number of carbonyl (C=O) groups excluding carboxylic acids is 1. The van der Waals surface area contributed by atoms with E-state index in [2.05, 4.69) is 15.4 Å². The molecule has 3 aromatic rings. The molecule has 31 heavy (non-hydrogen) atoms. The van der Waals surface area contributed by atoms with E-state index in [1.54, 1.807) is 31.2 Å². The minimum Gasteiger partial charge on any atom is -0.462 e. The SMILES string of the molecule is CCC(=O)Nc1ccc(-n2nc(OCC(C)C)nc2-c2cccc(C(F)(F)F)c2)cc1. The topological polar surface area (TPSA) is 69.0 Å². The molecule has 1 aromatic heterocycles. The molecule has 1 heterocycles. The third-order valence-electron chi connectivity index (χ3n) is 4.30. The fraction of sp³-hybridized carbons (Fsp3) is 0.318. The van der Waals surface area contributed by atoms with Crippen molar-refractivity contribution in [2.75, 3.05) is 11.9 Å². The Bertz CT molecular complexity index is 1040. The highest BCUT2D eigenvalue weighted by Gasteiger charge is 2.31. The van der Waals surface area contributed by atoms with Crippen molar-refractivity contribution in [2.24, 2.45) is 5.92 Å². The number of amides is 1. The van der Waals surface area contributed by atoms with E-state index < -0.39 is 11.7 Å². The predicted molar refractivity (Wildman–Crippen MR) is 111 cm³/mol. The second kappa shape index (κ2) is 9.20. The van der Waals surface area contributed by atoms with E-state index in [1.807, 2.05) is 13.8 Å². The van der Waals surface area contributed by atoms with Gasteiger partial charge in [0.05, 0.1) is 17.9 Å². The average molecular weight is 432 g/mol. The van der Waals surface area contributed by atoms with E-state index in [0.717, 1.165) is 12.1 Å². The second-order valence-electron chi connectivity index (χ2n) is 7.36. The summed E-state index contributed by atoms with van der Waals surface area (Å²) in [6, 6.07) is 11.8. The van der Waals surface area contributed by atoms with Gasteiger partial charge in [0.15, 0.2) is 5.82 Å². The van der Waals surface area contributed by atoms with Crippen molar-refractivity contribution in [1.29, 1.82) is 0 Å². The number of nitrogens with zero attached hydrogens (tertiary/aromatic N) is 3. The summed E-state index contributed by atoms with van der Waals surface area (Å²) >= 11 is 0. The van der Waals surface area contributed by atoms with Crippen LogP contribution in [-0.2, 0) is 11.0 Å². The number of ether oxygens (including phenoxy) is 1. The summed E-state index contributed by atoms with van der Waals surface area (Å²) in [5, 5.41) is 7.09. The zero-order valence-electron chi connectivity index (χ0n) is 17.4. The Morgan fingerprint density at radius 2 is 1.87 bits per heavy atom. The van der Waals surface area contributed by atoms with Gasteiger partial charge in [-0.2, -0.15) is 18.2 Å². The lowest BCUT2D eigenvalue weighted by Gasteiger charge is -2.10. The van der Waals surface area contributed by atoms with Gasteiger partial charge in [-0.15, -0.1) is 5.10 Å². The van der Waals surface area contributed by atoms with E-state index in [-0.39, 0.29) is 29.2 Å². The molecule has 3 rings (SSSR count). The van der Waals surface area contributed by atoms with Gasteiger partial charge in [0.1, 0.15) is 0 Å². The highest BCUT2D eigenvalue weighted by Crippen LogP contribution is 2.33. The number of alkyl halides is 3. The minimum atomic E-state index is -4.48. The van der Waals surface area contributed by atoms with Crippen LogP contribution < -0.4 is 10.1 Å². The lowest BCUT2D eigenvalue weighted by molar-refractivity contribution is -0.137. The fourth-order valence-electron chi connectivity index (χ4n) is 2.73. The maximum absolute atomic E-state index is 13.2. The maximum Gasteiger partial charge on any atom is 0.416 e. The van der Waals surface area contributed by atoms with E-state index in [0.29, 0.717) is 24.4 Å². The lowest BCUT2D eigenvalue weighted by atomic mass is 10.1. The number of hydrogen-bond donors (Lipinski definition) is 1. The van der Waals surface area contributed by atoms with Crippen LogP contribution in [-0.4, -0.2) is 27.3 Å². The molecule has 0 aliphatic heterocycles. The molecule has 0 saturated heterocycles. The number of halogens is 3. The van der Waals surface area contributed by atoms with Crippen molar-refractivity contribution >= 4 is 11.6 Å². The van der Waals surface area contributed by atoms with Crippen molar-refractivity contribution in [3.8, 4) is 23.1 Å². The van der Waals surface area contributed by atoms with Gasteiger partial charge in [-0.3, -0.25) is 4.79 Å². The average Bonchev–Trinajstić information content (AvgIpc) is 3.16. The zero-order valence-corrected chi connectivity index (χ0v) is 17.4. The van der Waals surface area contributed by atoms with E-state index in [1.165, 1.54) is 16.8 Å². The van der Waals surface area contributed by atoms with Gasteiger partial charge in [0, 0.05) is 17.7 Å². The highest BCUT2D eigenvalue weighted by molar-refractivity contribution is 5.90. The third-order valence-corrected chi connectivity index (χ3v) is 4.30. The van der Waals surface area contributed by atoms with Gasteiger partial charge >= 0.3 is 12.2 Å². The molecule has 0 aliphatic carbocycles. The Balaban J connectivity index is 2.02. The summed E-state index contributed by atoms with van der Waals surface area (Å²) < 4.78 is 46.6. The molecular weight excluding hydrogens is 409 g/mol. The van der Waals surface area contributed by atoms with E-state index in [4.69, 9.17) is 4.74 Å². The number of anilines is 1. The largest absolute Gasteiger partial charge is 0.462 e. The van der Waals surface area contributed by atoms with Gasteiger partial charge in [-0.1, -0.05) is 32.9 Å². The van der Waals surface area contributed by atoms with Crippen LogP contribution in [0.3, 0.4) is 0 Å². The third kappa shape index (κ3) is 5.62. The Hall–Kier alpha value is -3.36. The summed E-state index contributed by atoms with van der Waals surface area (Å²) in [7, 11) is 0. The molecule has 1 N–H and O–H groups in total. The molecule has 0 fully saturated rings. The molecule has 0 saturated carbocycles. The van der Waals surface area contributed by atoms with E-state index >= 15 is 0 Å². The standard InChI is InChI=1S/C22H23F3N4O2/c1-4-19(30)26-17-8-10-18(11-9-17)29-20(27-21(28-29)31-13-14(2)3)15-6-5-7-16(12-15)22(23,24)25/h5-12,14H,4,13H2,1-3H3,(H,26,30). The van der Waals surface area contributed by atoms with Crippen molar-refractivity contribution in [1.82, 2.24) is 14.8 Å². The van der Waals surface area contributed by atoms with Gasteiger partial charge < -0.3 is 10.1 Å². The van der Waals surface area contributed by atoms with Gasteiger partial charge in [-0.05, 0) is 42.3 Å². The van der Waals surface area contributed by atoms with Crippen molar-refractivity contribution < 1.29 is 22.7 Å². The minimum absolute atomic E-state index is 0.0736. The van der Waals surface area contributed by atoms with Crippen LogP contribution in [0, 0.1) is 5.92 Å². The van der Waals surface area contributed by atoms with Crippen LogP contribution in [0.2, 0.25) is 0 Å². The number of carbonyl (C=O) groups is 1. The summed E-state index contributed by atoms with van der Waals surface area (Å²) in [6.07, 6.45) is -4.13. The first kappa shape index (κ1) is 22.3.